The van der Waals surface area contributed by atoms with Gasteiger partial charge in [-0.05, 0) is 32.0 Å². The lowest BCUT2D eigenvalue weighted by Gasteiger charge is -2.32. The van der Waals surface area contributed by atoms with E-state index in [1.54, 1.807) is 0 Å². The largest absolute Gasteiger partial charge is 0.316 e. The Morgan fingerprint density at radius 3 is 3.00 bits per heavy atom. The molecule has 1 aromatic carbocycles. The summed E-state index contributed by atoms with van der Waals surface area (Å²) in [6.45, 7) is 3.27. The molecule has 4 heteroatoms. The summed E-state index contributed by atoms with van der Waals surface area (Å²) in [4.78, 5) is 2.52. The van der Waals surface area contributed by atoms with E-state index in [0.29, 0.717) is 6.04 Å². The Labute approximate surface area is 120 Å². The maximum absolute atomic E-state index is 4.24. The van der Waals surface area contributed by atoms with Gasteiger partial charge in [-0.2, -0.15) is 5.10 Å². The quantitative estimate of drug-likeness (QED) is 0.895. The molecule has 4 nitrogen and oxygen atoms in total. The van der Waals surface area contributed by atoms with E-state index in [1.165, 1.54) is 30.5 Å². The topological polar surface area (TPSA) is 44.0 Å². The number of H-pyrrole nitrogens is 1. The Bertz CT molecular complexity index is 534. The molecule has 1 unspecified atom stereocenters. The van der Waals surface area contributed by atoms with Crippen molar-refractivity contribution in [1.82, 2.24) is 20.4 Å². The van der Waals surface area contributed by atoms with E-state index in [-0.39, 0.29) is 0 Å². The van der Waals surface area contributed by atoms with Crippen molar-refractivity contribution in [1.29, 1.82) is 0 Å². The Hall–Kier alpha value is -1.65. The first-order chi connectivity index (χ1) is 9.86. The van der Waals surface area contributed by atoms with E-state index in [0.717, 1.165) is 18.8 Å². The third kappa shape index (κ3) is 2.92. The third-order valence-electron chi connectivity index (χ3n) is 4.09. The molecule has 1 atom stereocenters. The number of likely N-dealkylation sites (tertiary alicyclic amines) is 1. The highest BCUT2D eigenvalue weighted by Gasteiger charge is 2.20. The predicted octanol–water partition coefficient (Wildman–Crippen LogP) is 2.26. The summed E-state index contributed by atoms with van der Waals surface area (Å²) in [6.07, 6.45) is 4.51. The van der Waals surface area contributed by atoms with Gasteiger partial charge in [0.15, 0.2) is 0 Å². The number of nitrogens with one attached hydrogen (secondary N) is 2. The maximum atomic E-state index is 4.24. The smallest absolute Gasteiger partial charge is 0.0695 e. The van der Waals surface area contributed by atoms with Crippen LogP contribution in [0.4, 0.5) is 0 Å². The molecule has 1 aromatic heterocycles. The van der Waals surface area contributed by atoms with E-state index < -0.39 is 0 Å². The first-order valence-corrected chi connectivity index (χ1v) is 7.34. The van der Waals surface area contributed by atoms with Gasteiger partial charge >= 0.3 is 0 Å². The molecule has 1 aliphatic heterocycles. The van der Waals surface area contributed by atoms with Crippen molar-refractivity contribution in [2.45, 2.75) is 25.4 Å². The number of piperidine rings is 1. The number of likely N-dealkylation sites (N-methyl/N-ethyl adjacent to an activating group) is 1. The van der Waals surface area contributed by atoms with Gasteiger partial charge in [-0.1, -0.05) is 30.3 Å². The highest BCUT2D eigenvalue weighted by molar-refractivity contribution is 5.62. The number of nitrogens with zero attached hydrogens (tertiary/aromatic N) is 2. The number of hydrogen-bond donors (Lipinski definition) is 2. The molecule has 0 radical (unpaired) electrons. The second kappa shape index (κ2) is 6.20. The minimum absolute atomic E-state index is 0.621. The number of benzene rings is 1. The zero-order valence-electron chi connectivity index (χ0n) is 12.0. The Morgan fingerprint density at radius 1 is 1.35 bits per heavy atom. The van der Waals surface area contributed by atoms with E-state index in [2.05, 4.69) is 51.7 Å². The molecule has 0 amide bonds. The lowest BCUT2D eigenvalue weighted by atomic mass is 10.0. The molecule has 0 spiro atoms. The molecule has 1 aliphatic rings. The van der Waals surface area contributed by atoms with Gasteiger partial charge < -0.3 is 5.32 Å². The van der Waals surface area contributed by atoms with Crippen LogP contribution in [0.5, 0.6) is 0 Å². The lowest BCUT2D eigenvalue weighted by Crippen LogP contribution is -2.43. The van der Waals surface area contributed by atoms with Crippen LogP contribution in [0.2, 0.25) is 0 Å². The van der Waals surface area contributed by atoms with Gasteiger partial charge in [0.25, 0.3) is 0 Å². The molecular formula is C16H22N4. The zero-order valence-corrected chi connectivity index (χ0v) is 12.0. The average molecular weight is 270 g/mol. The summed E-state index contributed by atoms with van der Waals surface area (Å²) in [5.41, 5.74) is 3.65. The minimum atomic E-state index is 0.621. The summed E-state index contributed by atoms with van der Waals surface area (Å²) in [5.74, 6) is 0. The first-order valence-electron chi connectivity index (χ1n) is 7.34. The molecule has 0 bridgehead atoms. The number of rotatable bonds is 4. The van der Waals surface area contributed by atoms with Crippen LogP contribution < -0.4 is 5.32 Å². The molecule has 2 aromatic rings. The molecule has 2 heterocycles. The molecule has 2 N–H and O–H groups in total. The van der Waals surface area contributed by atoms with Gasteiger partial charge in [0, 0.05) is 24.7 Å². The van der Waals surface area contributed by atoms with Crippen molar-refractivity contribution < 1.29 is 0 Å². The summed E-state index contributed by atoms with van der Waals surface area (Å²) in [5, 5.41) is 10.8. The summed E-state index contributed by atoms with van der Waals surface area (Å²) >= 11 is 0. The normalized spacial score (nSPS) is 20.1. The zero-order chi connectivity index (χ0) is 13.8. The van der Waals surface area contributed by atoms with Gasteiger partial charge in [0.05, 0.1) is 11.9 Å². The Morgan fingerprint density at radius 2 is 2.20 bits per heavy atom. The van der Waals surface area contributed by atoms with Crippen molar-refractivity contribution >= 4 is 0 Å². The van der Waals surface area contributed by atoms with Crippen molar-refractivity contribution in [3.8, 4) is 11.3 Å². The Balaban J connectivity index is 1.74. The lowest BCUT2D eigenvalue weighted by molar-refractivity contribution is 0.188. The number of hydrogen-bond acceptors (Lipinski definition) is 3. The molecule has 1 fully saturated rings. The molecule has 0 saturated carbocycles. The van der Waals surface area contributed by atoms with Crippen LogP contribution in [-0.4, -0.2) is 41.3 Å². The SMILES string of the molecule is CNC1CCCN(Cc2cn[nH]c2-c2ccccc2)C1. The van der Waals surface area contributed by atoms with Gasteiger partial charge in [0.2, 0.25) is 0 Å². The maximum Gasteiger partial charge on any atom is 0.0695 e. The van der Waals surface area contributed by atoms with E-state index in [9.17, 15) is 0 Å². The number of aromatic amines is 1. The molecule has 106 valence electrons. The summed E-state index contributed by atoms with van der Waals surface area (Å²) in [6, 6.07) is 11.1. The highest BCUT2D eigenvalue weighted by atomic mass is 15.2. The monoisotopic (exact) mass is 270 g/mol. The predicted molar refractivity (Wildman–Crippen MR) is 81.4 cm³/mol. The van der Waals surface area contributed by atoms with Crippen molar-refractivity contribution in [2.24, 2.45) is 0 Å². The molecule has 1 saturated heterocycles. The van der Waals surface area contributed by atoms with Crippen LogP contribution in [0.25, 0.3) is 11.3 Å². The average Bonchev–Trinajstić information content (AvgIpc) is 2.96. The standard InChI is InChI=1S/C16H22N4/c1-17-15-8-5-9-20(12-15)11-14-10-18-19-16(14)13-6-3-2-4-7-13/h2-4,6-7,10,15,17H,5,8-9,11-12H2,1H3,(H,18,19). The third-order valence-corrected chi connectivity index (χ3v) is 4.09. The van der Waals surface area contributed by atoms with E-state index in [4.69, 9.17) is 0 Å². The highest BCUT2D eigenvalue weighted by Crippen LogP contribution is 2.23. The molecule has 0 aliphatic carbocycles. The van der Waals surface area contributed by atoms with Crippen LogP contribution >= 0.6 is 0 Å². The first kappa shape index (κ1) is 13.3. The fraction of sp³-hybridized carbons (Fsp3) is 0.438. The molecular weight excluding hydrogens is 248 g/mol. The number of aromatic nitrogens is 2. The van der Waals surface area contributed by atoms with Gasteiger partial charge in [0.1, 0.15) is 0 Å². The fourth-order valence-corrected chi connectivity index (χ4v) is 2.96. The van der Waals surface area contributed by atoms with Crippen LogP contribution in [-0.2, 0) is 6.54 Å². The van der Waals surface area contributed by atoms with Crippen molar-refractivity contribution in [3.05, 3.63) is 42.1 Å². The summed E-state index contributed by atoms with van der Waals surface area (Å²) in [7, 11) is 2.06. The van der Waals surface area contributed by atoms with Crippen molar-refractivity contribution in [2.75, 3.05) is 20.1 Å². The Kier molecular flexibility index (Phi) is 4.14. The van der Waals surface area contributed by atoms with Gasteiger partial charge in [-0.15, -0.1) is 0 Å². The second-order valence-corrected chi connectivity index (χ2v) is 5.50. The van der Waals surface area contributed by atoms with Crippen LogP contribution in [0.3, 0.4) is 0 Å². The van der Waals surface area contributed by atoms with E-state index >= 15 is 0 Å². The summed E-state index contributed by atoms with van der Waals surface area (Å²) < 4.78 is 0. The molecule has 20 heavy (non-hydrogen) atoms. The second-order valence-electron chi connectivity index (χ2n) is 5.50. The molecule has 3 rings (SSSR count). The van der Waals surface area contributed by atoms with E-state index in [1.807, 2.05) is 12.3 Å². The minimum Gasteiger partial charge on any atom is -0.316 e. The van der Waals surface area contributed by atoms with Crippen molar-refractivity contribution in [3.63, 3.8) is 0 Å². The van der Waals surface area contributed by atoms with Crippen LogP contribution in [0, 0.1) is 0 Å². The van der Waals surface area contributed by atoms with Crippen LogP contribution in [0.15, 0.2) is 36.5 Å². The van der Waals surface area contributed by atoms with Gasteiger partial charge in [-0.3, -0.25) is 10.00 Å². The van der Waals surface area contributed by atoms with Crippen LogP contribution in [0.1, 0.15) is 18.4 Å². The van der Waals surface area contributed by atoms with Gasteiger partial charge in [-0.25, -0.2) is 0 Å². The fourth-order valence-electron chi connectivity index (χ4n) is 2.96.